The van der Waals surface area contributed by atoms with Crippen molar-refractivity contribution in [3.8, 4) is 5.75 Å². The molecule has 6 heteroatoms. The molecule has 34 heavy (non-hydrogen) atoms. The van der Waals surface area contributed by atoms with E-state index >= 15 is 0 Å². The van der Waals surface area contributed by atoms with E-state index in [-0.39, 0.29) is 5.91 Å². The number of pyridine rings is 1. The summed E-state index contributed by atoms with van der Waals surface area (Å²) in [5.41, 5.74) is 3.76. The summed E-state index contributed by atoms with van der Waals surface area (Å²) in [5.74, 6) is 2.18. The van der Waals surface area contributed by atoms with Crippen LogP contribution in [0.15, 0.2) is 72.9 Å². The van der Waals surface area contributed by atoms with Crippen molar-refractivity contribution in [2.45, 2.75) is 45.7 Å². The summed E-state index contributed by atoms with van der Waals surface area (Å²) >= 11 is 0. The molecular weight excluding hydrogens is 424 g/mol. The number of nitrogens with zero attached hydrogens (tertiary/aromatic N) is 4. The van der Waals surface area contributed by atoms with E-state index in [2.05, 4.69) is 53.7 Å². The van der Waals surface area contributed by atoms with Gasteiger partial charge >= 0.3 is 0 Å². The number of carbonyl (C=O) groups is 1. The topological polar surface area (TPSA) is 60.2 Å². The van der Waals surface area contributed by atoms with E-state index in [1.54, 1.807) is 30.3 Å². The lowest BCUT2D eigenvalue weighted by Gasteiger charge is -2.18. The van der Waals surface area contributed by atoms with Crippen molar-refractivity contribution in [1.82, 2.24) is 19.4 Å². The summed E-state index contributed by atoms with van der Waals surface area (Å²) in [7, 11) is 1.78. The summed E-state index contributed by atoms with van der Waals surface area (Å²) in [5, 5.41) is 0. The van der Waals surface area contributed by atoms with Crippen LogP contribution in [0.25, 0.3) is 11.0 Å². The fourth-order valence-corrected chi connectivity index (χ4v) is 4.01. The monoisotopic (exact) mass is 456 g/mol. The fourth-order valence-electron chi connectivity index (χ4n) is 4.01. The van der Waals surface area contributed by atoms with E-state index in [9.17, 15) is 4.79 Å². The molecule has 2 aromatic carbocycles. The first-order valence-corrected chi connectivity index (χ1v) is 11.9. The highest BCUT2D eigenvalue weighted by Crippen LogP contribution is 2.22. The predicted octanol–water partition coefficient (Wildman–Crippen LogP) is 5.69. The Bertz CT molecular complexity index is 1220. The first kappa shape index (κ1) is 23.5. The van der Waals surface area contributed by atoms with Gasteiger partial charge in [0.1, 0.15) is 17.3 Å². The molecule has 0 saturated heterocycles. The number of carbonyl (C=O) groups excluding carboxylic acids is 1. The normalized spacial score (nSPS) is 12.0. The SMILES string of the molecule is CCC(C)c1ccc(OCCCn2c(CN(C)C(=O)c3ccccn3)nc3ccccc32)cc1. The first-order chi connectivity index (χ1) is 16.6. The standard InChI is InChI=1S/C28H32N4O2/c1-4-21(2)22-13-15-23(16-14-22)34-19-9-18-32-26-12-6-5-10-24(26)30-27(32)20-31(3)28(33)25-11-7-8-17-29-25/h5-8,10-17,21H,4,9,18-20H2,1-3H3. The zero-order chi connectivity index (χ0) is 23.9. The number of ether oxygens (including phenoxy) is 1. The number of para-hydroxylation sites is 2. The lowest BCUT2D eigenvalue weighted by molar-refractivity contribution is 0.0774. The van der Waals surface area contributed by atoms with Crippen molar-refractivity contribution >= 4 is 16.9 Å². The zero-order valence-corrected chi connectivity index (χ0v) is 20.1. The Morgan fingerprint density at radius 1 is 1.06 bits per heavy atom. The van der Waals surface area contributed by atoms with Crippen LogP contribution in [0.5, 0.6) is 5.75 Å². The van der Waals surface area contributed by atoms with Gasteiger partial charge in [-0.15, -0.1) is 0 Å². The number of amides is 1. The Hall–Kier alpha value is -3.67. The third kappa shape index (κ3) is 5.45. The number of fused-ring (bicyclic) bond motifs is 1. The molecule has 0 saturated carbocycles. The van der Waals surface area contributed by atoms with Gasteiger partial charge < -0.3 is 14.2 Å². The molecule has 0 aliphatic heterocycles. The van der Waals surface area contributed by atoms with E-state index in [0.717, 1.165) is 42.0 Å². The minimum atomic E-state index is -0.122. The average molecular weight is 457 g/mol. The van der Waals surface area contributed by atoms with Crippen LogP contribution in [0.1, 0.15) is 54.5 Å². The molecule has 1 amide bonds. The lowest BCUT2D eigenvalue weighted by atomic mass is 9.99. The van der Waals surface area contributed by atoms with Crippen LogP contribution in [0, 0.1) is 0 Å². The number of benzene rings is 2. The largest absolute Gasteiger partial charge is 0.494 e. The van der Waals surface area contributed by atoms with Gasteiger partial charge in [-0.25, -0.2) is 4.98 Å². The van der Waals surface area contributed by atoms with Crippen molar-refractivity contribution in [2.24, 2.45) is 0 Å². The van der Waals surface area contributed by atoms with Gasteiger partial charge in [-0.05, 0) is 60.7 Å². The molecule has 0 radical (unpaired) electrons. The Morgan fingerprint density at radius 3 is 2.56 bits per heavy atom. The van der Waals surface area contributed by atoms with Crippen LogP contribution in [-0.2, 0) is 13.1 Å². The molecule has 1 unspecified atom stereocenters. The van der Waals surface area contributed by atoms with Crippen LogP contribution < -0.4 is 4.74 Å². The van der Waals surface area contributed by atoms with Crippen LogP contribution >= 0.6 is 0 Å². The summed E-state index contributed by atoms with van der Waals surface area (Å²) in [6.07, 6.45) is 3.59. The second-order valence-corrected chi connectivity index (χ2v) is 8.62. The quantitative estimate of drug-likeness (QED) is 0.288. The minimum absolute atomic E-state index is 0.122. The van der Waals surface area contributed by atoms with Crippen molar-refractivity contribution in [3.63, 3.8) is 0 Å². The van der Waals surface area contributed by atoms with Gasteiger partial charge in [0, 0.05) is 19.8 Å². The third-order valence-corrected chi connectivity index (χ3v) is 6.20. The Balaban J connectivity index is 1.41. The Labute approximate surface area is 201 Å². The van der Waals surface area contributed by atoms with Crippen molar-refractivity contribution in [1.29, 1.82) is 0 Å². The summed E-state index contributed by atoms with van der Waals surface area (Å²) < 4.78 is 8.18. The van der Waals surface area contributed by atoms with E-state index in [4.69, 9.17) is 9.72 Å². The van der Waals surface area contributed by atoms with Crippen LogP contribution in [0.3, 0.4) is 0 Å². The second-order valence-electron chi connectivity index (χ2n) is 8.62. The molecule has 0 aliphatic rings. The molecule has 4 aromatic rings. The lowest BCUT2D eigenvalue weighted by Crippen LogP contribution is -2.28. The van der Waals surface area contributed by atoms with E-state index in [0.29, 0.717) is 24.8 Å². The minimum Gasteiger partial charge on any atom is -0.494 e. The molecular formula is C28H32N4O2. The maximum atomic E-state index is 12.8. The second kappa shape index (κ2) is 11.0. The molecule has 1 atom stereocenters. The van der Waals surface area contributed by atoms with Crippen molar-refractivity contribution < 1.29 is 9.53 Å². The van der Waals surface area contributed by atoms with E-state index < -0.39 is 0 Å². The Kier molecular flexibility index (Phi) is 7.58. The third-order valence-electron chi connectivity index (χ3n) is 6.20. The van der Waals surface area contributed by atoms with E-state index in [1.807, 2.05) is 24.3 Å². The molecule has 2 heterocycles. The smallest absolute Gasteiger partial charge is 0.272 e. The summed E-state index contributed by atoms with van der Waals surface area (Å²) in [4.78, 5) is 23.4. The zero-order valence-electron chi connectivity index (χ0n) is 20.1. The van der Waals surface area contributed by atoms with Gasteiger partial charge in [0.15, 0.2) is 0 Å². The number of hydrogen-bond acceptors (Lipinski definition) is 4. The highest BCUT2D eigenvalue weighted by molar-refractivity contribution is 5.92. The summed E-state index contributed by atoms with van der Waals surface area (Å²) in [6.45, 7) is 6.21. The molecule has 6 nitrogen and oxygen atoms in total. The van der Waals surface area contributed by atoms with Gasteiger partial charge in [0.05, 0.1) is 24.2 Å². The van der Waals surface area contributed by atoms with E-state index in [1.165, 1.54) is 5.56 Å². The maximum absolute atomic E-state index is 12.8. The number of hydrogen-bond donors (Lipinski definition) is 0. The van der Waals surface area contributed by atoms with Crippen LogP contribution in [0.2, 0.25) is 0 Å². The van der Waals surface area contributed by atoms with Crippen molar-refractivity contribution in [2.75, 3.05) is 13.7 Å². The first-order valence-electron chi connectivity index (χ1n) is 11.9. The van der Waals surface area contributed by atoms with Gasteiger partial charge in [0.2, 0.25) is 0 Å². The maximum Gasteiger partial charge on any atom is 0.272 e. The number of rotatable bonds is 10. The van der Waals surface area contributed by atoms with Crippen LogP contribution in [0.4, 0.5) is 0 Å². The molecule has 0 aliphatic carbocycles. The van der Waals surface area contributed by atoms with Crippen molar-refractivity contribution in [3.05, 3.63) is 90.0 Å². The average Bonchev–Trinajstić information content (AvgIpc) is 3.23. The molecule has 176 valence electrons. The van der Waals surface area contributed by atoms with Gasteiger partial charge in [-0.3, -0.25) is 9.78 Å². The number of aromatic nitrogens is 3. The number of aryl methyl sites for hydroxylation is 1. The van der Waals surface area contributed by atoms with Gasteiger partial charge in [-0.1, -0.05) is 44.2 Å². The molecule has 0 N–H and O–H groups in total. The highest BCUT2D eigenvalue weighted by Gasteiger charge is 2.17. The van der Waals surface area contributed by atoms with Crippen LogP contribution in [-0.4, -0.2) is 39.0 Å². The molecule has 2 aromatic heterocycles. The van der Waals surface area contributed by atoms with Gasteiger partial charge in [0.25, 0.3) is 5.91 Å². The fraction of sp³-hybridized carbons (Fsp3) is 0.321. The number of imidazole rings is 1. The Morgan fingerprint density at radius 2 is 1.82 bits per heavy atom. The molecule has 0 spiro atoms. The highest BCUT2D eigenvalue weighted by atomic mass is 16.5. The molecule has 0 bridgehead atoms. The predicted molar refractivity (Wildman–Crippen MR) is 135 cm³/mol. The molecule has 4 rings (SSSR count). The summed E-state index contributed by atoms with van der Waals surface area (Å²) in [6, 6.07) is 21.8. The molecule has 0 fully saturated rings. The van der Waals surface area contributed by atoms with Gasteiger partial charge in [-0.2, -0.15) is 0 Å².